The van der Waals surface area contributed by atoms with Crippen molar-refractivity contribution in [3.8, 4) is 5.75 Å². The van der Waals surface area contributed by atoms with E-state index in [9.17, 15) is 9.59 Å². The summed E-state index contributed by atoms with van der Waals surface area (Å²) in [6.45, 7) is 2.01. The van der Waals surface area contributed by atoms with E-state index < -0.39 is 5.97 Å². The van der Waals surface area contributed by atoms with Gasteiger partial charge in [0.1, 0.15) is 12.3 Å². The van der Waals surface area contributed by atoms with Gasteiger partial charge in [0.05, 0.1) is 11.6 Å². The number of carbonyl (C=O) groups is 2. The van der Waals surface area contributed by atoms with Gasteiger partial charge in [0, 0.05) is 12.1 Å². The number of carboxylic acid groups (broad SMARTS) is 1. The van der Waals surface area contributed by atoms with Crippen molar-refractivity contribution in [1.29, 1.82) is 0 Å². The number of hydrogen-bond donors (Lipinski definition) is 1. The fourth-order valence-electron chi connectivity index (χ4n) is 1.67. The Balaban J connectivity index is 2.95. The van der Waals surface area contributed by atoms with E-state index in [1.807, 2.05) is 6.92 Å². The first-order valence-electron chi connectivity index (χ1n) is 5.84. The highest BCUT2D eigenvalue weighted by Crippen LogP contribution is 2.26. The number of carboxylic acids is 1. The minimum absolute atomic E-state index is 0.295. The van der Waals surface area contributed by atoms with Crippen molar-refractivity contribution < 1.29 is 19.4 Å². The van der Waals surface area contributed by atoms with E-state index in [2.05, 4.69) is 15.9 Å². The van der Waals surface area contributed by atoms with Crippen LogP contribution in [-0.4, -0.2) is 42.1 Å². The summed E-state index contributed by atoms with van der Waals surface area (Å²) in [6.07, 6.45) is 0.705. The summed E-state index contributed by atoms with van der Waals surface area (Å²) >= 11 is 3.30. The van der Waals surface area contributed by atoms with E-state index in [4.69, 9.17) is 9.84 Å². The van der Waals surface area contributed by atoms with E-state index in [-0.39, 0.29) is 12.5 Å². The van der Waals surface area contributed by atoms with Crippen LogP contribution in [0.1, 0.15) is 23.7 Å². The fraction of sp³-hybridized carbons (Fsp3) is 0.385. The topological polar surface area (TPSA) is 66.8 Å². The predicted octanol–water partition coefficient (Wildman–Crippen LogP) is 2.39. The molecule has 1 amide bonds. The zero-order chi connectivity index (χ0) is 14.4. The van der Waals surface area contributed by atoms with Crippen LogP contribution in [0.15, 0.2) is 22.7 Å². The van der Waals surface area contributed by atoms with Gasteiger partial charge in [-0.1, -0.05) is 6.92 Å². The quantitative estimate of drug-likeness (QED) is 0.870. The number of methoxy groups -OCH3 is 1. The molecular weight excluding hydrogens is 314 g/mol. The van der Waals surface area contributed by atoms with Crippen LogP contribution in [0, 0.1) is 0 Å². The van der Waals surface area contributed by atoms with E-state index in [1.54, 1.807) is 18.2 Å². The van der Waals surface area contributed by atoms with Gasteiger partial charge in [-0.15, -0.1) is 0 Å². The molecule has 19 heavy (non-hydrogen) atoms. The lowest BCUT2D eigenvalue weighted by Gasteiger charge is -2.20. The molecule has 6 heteroatoms. The molecule has 104 valence electrons. The van der Waals surface area contributed by atoms with E-state index in [0.29, 0.717) is 28.8 Å². The number of carbonyl (C=O) groups excluding carboxylic acids is 1. The average Bonchev–Trinajstić information content (AvgIpc) is 2.36. The maximum atomic E-state index is 12.2. The number of amides is 1. The number of benzene rings is 1. The van der Waals surface area contributed by atoms with Crippen molar-refractivity contribution >= 4 is 27.8 Å². The van der Waals surface area contributed by atoms with Gasteiger partial charge in [0.25, 0.3) is 5.91 Å². The van der Waals surface area contributed by atoms with E-state index in [0.717, 1.165) is 0 Å². The van der Waals surface area contributed by atoms with Crippen molar-refractivity contribution in [1.82, 2.24) is 4.90 Å². The second-order valence-electron chi connectivity index (χ2n) is 3.97. The lowest BCUT2D eigenvalue weighted by molar-refractivity contribution is -0.137. The first-order valence-corrected chi connectivity index (χ1v) is 6.63. The molecule has 0 aromatic heterocycles. The second kappa shape index (κ2) is 7.13. The van der Waals surface area contributed by atoms with Gasteiger partial charge in [-0.05, 0) is 40.5 Å². The molecule has 0 radical (unpaired) electrons. The minimum Gasteiger partial charge on any atom is -0.496 e. The third-order valence-electron chi connectivity index (χ3n) is 2.51. The van der Waals surface area contributed by atoms with Gasteiger partial charge >= 0.3 is 5.97 Å². The Morgan fingerprint density at radius 2 is 2.11 bits per heavy atom. The normalized spacial score (nSPS) is 10.1. The fourth-order valence-corrected chi connectivity index (χ4v) is 2.21. The minimum atomic E-state index is -1.02. The maximum absolute atomic E-state index is 12.2. The Morgan fingerprint density at radius 3 is 2.58 bits per heavy atom. The molecule has 0 spiro atoms. The lowest BCUT2D eigenvalue weighted by Crippen LogP contribution is -2.36. The number of ether oxygens (including phenoxy) is 1. The zero-order valence-corrected chi connectivity index (χ0v) is 12.4. The summed E-state index contributed by atoms with van der Waals surface area (Å²) < 4.78 is 5.75. The van der Waals surface area contributed by atoms with Crippen molar-refractivity contribution in [2.24, 2.45) is 0 Å². The van der Waals surface area contributed by atoms with Crippen molar-refractivity contribution in [3.63, 3.8) is 0 Å². The second-order valence-corrected chi connectivity index (χ2v) is 4.82. The molecular formula is C13H16BrNO4. The third-order valence-corrected chi connectivity index (χ3v) is 3.13. The SMILES string of the molecule is CCCN(CC(=O)O)C(=O)c1ccc(OC)c(Br)c1. The van der Waals surface area contributed by atoms with Gasteiger partial charge in [0.15, 0.2) is 0 Å². The molecule has 5 nitrogen and oxygen atoms in total. The average molecular weight is 330 g/mol. The highest BCUT2D eigenvalue weighted by atomic mass is 79.9. The molecule has 0 heterocycles. The van der Waals surface area contributed by atoms with Crippen LogP contribution in [0.25, 0.3) is 0 Å². The van der Waals surface area contributed by atoms with Gasteiger partial charge in [-0.3, -0.25) is 9.59 Å². The summed E-state index contributed by atoms with van der Waals surface area (Å²) in [4.78, 5) is 24.3. The molecule has 1 aromatic carbocycles. The number of rotatable bonds is 6. The first kappa shape index (κ1) is 15.5. The van der Waals surface area contributed by atoms with Crippen LogP contribution in [0.2, 0.25) is 0 Å². The van der Waals surface area contributed by atoms with E-state index in [1.165, 1.54) is 12.0 Å². The molecule has 0 aliphatic rings. The van der Waals surface area contributed by atoms with Crippen LogP contribution in [0.3, 0.4) is 0 Å². The predicted molar refractivity (Wildman–Crippen MR) is 74.5 cm³/mol. The zero-order valence-electron chi connectivity index (χ0n) is 10.9. The Morgan fingerprint density at radius 1 is 1.42 bits per heavy atom. The Bertz CT molecular complexity index is 476. The third kappa shape index (κ3) is 4.24. The van der Waals surface area contributed by atoms with Crippen LogP contribution in [-0.2, 0) is 4.79 Å². The number of halogens is 1. The summed E-state index contributed by atoms with van der Waals surface area (Å²) in [5.74, 6) is -0.696. The largest absolute Gasteiger partial charge is 0.496 e. The van der Waals surface area contributed by atoms with Gasteiger partial charge < -0.3 is 14.7 Å². The summed E-state index contributed by atoms with van der Waals surface area (Å²) in [6, 6.07) is 4.92. The standard InChI is InChI=1S/C13H16BrNO4/c1-3-6-15(8-12(16)17)13(18)9-4-5-11(19-2)10(14)7-9/h4-5,7H,3,6,8H2,1-2H3,(H,16,17). The highest BCUT2D eigenvalue weighted by molar-refractivity contribution is 9.10. The first-order chi connectivity index (χ1) is 8.99. The number of aliphatic carboxylic acids is 1. The summed E-state index contributed by atoms with van der Waals surface area (Å²) in [5.41, 5.74) is 0.433. The molecule has 1 aromatic rings. The van der Waals surface area contributed by atoms with Gasteiger partial charge in [-0.25, -0.2) is 0 Å². The highest BCUT2D eigenvalue weighted by Gasteiger charge is 2.18. The van der Waals surface area contributed by atoms with Crippen LogP contribution in [0.5, 0.6) is 5.75 Å². The smallest absolute Gasteiger partial charge is 0.323 e. The van der Waals surface area contributed by atoms with Gasteiger partial charge in [-0.2, -0.15) is 0 Å². The Labute approximate surface area is 120 Å². The lowest BCUT2D eigenvalue weighted by atomic mass is 10.2. The van der Waals surface area contributed by atoms with Crippen LogP contribution in [0.4, 0.5) is 0 Å². The van der Waals surface area contributed by atoms with Crippen molar-refractivity contribution in [2.75, 3.05) is 20.2 Å². The molecule has 0 bridgehead atoms. The molecule has 0 aliphatic heterocycles. The molecule has 1 N–H and O–H groups in total. The van der Waals surface area contributed by atoms with E-state index >= 15 is 0 Å². The molecule has 0 unspecified atom stereocenters. The molecule has 1 rings (SSSR count). The Hall–Kier alpha value is -1.56. The van der Waals surface area contributed by atoms with Crippen molar-refractivity contribution in [2.45, 2.75) is 13.3 Å². The van der Waals surface area contributed by atoms with Crippen LogP contribution < -0.4 is 4.74 Å². The molecule has 0 saturated carbocycles. The monoisotopic (exact) mass is 329 g/mol. The van der Waals surface area contributed by atoms with Crippen LogP contribution >= 0.6 is 15.9 Å². The van der Waals surface area contributed by atoms with Crippen molar-refractivity contribution in [3.05, 3.63) is 28.2 Å². The summed E-state index contributed by atoms with van der Waals surface area (Å²) in [5, 5.41) is 8.82. The number of nitrogens with zero attached hydrogens (tertiary/aromatic N) is 1. The number of hydrogen-bond acceptors (Lipinski definition) is 3. The maximum Gasteiger partial charge on any atom is 0.323 e. The molecule has 0 saturated heterocycles. The molecule has 0 atom stereocenters. The molecule has 0 aliphatic carbocycles. The van der Waals surface area contributed by atoms with Gasteiger partial charge in [0.2, 0.25) is 0 Å². The molecule has 0 fully saturated rings. The Kier molecular flexibility index (Phi) is 5.82. The summed E-state index contributed by atoms with van der Waals surface area (Å²) in [7, 11) is 1.54.